The molecule has 1 aromatic carbocycles. The third-order valence-electron chi connectivity index (χ3n) is 4.00. The maximum atomic E-state index is 12.6. The van der Waals surface area contributed by atoms with E-state index >= 15 is 0 Å². The van der Waals surface area contributed by atoms with E-state index in [0.717, 1.165) is 32.1 Å². The van der Waals surface area contributed by atoms with Crippen molar-refractivity contribution in [2.45, 2.75) is 50.8 Å². The van der Waals surface area contributed by atoms with E-state index in [1.165, 1.54) is 5.56 Å². The highest BCUT2D eigenvalue weighted by Crippen LogP contribution is 2.23. The first-order valence-corrected chi connectivity index (χ1v) is 9.07. The first-order chi connectivity index (χ1) is 9.54. The van der Waals surface area contributed by atoms with E-state index in [9.17, 15) is 8.42 Å². The van der Waals surface area contributed by atoms with Crippen LogP contribution in [0, 0.1) is 5.92 Å². The number of sulfonamides is 1. The third-order valence-corrected chi connectivity index (χ3v) is 5.88. The van der Waals surface area contributed by atoms with Crippen LogP contribution < -0.4 is 0 Å². The van der Waals surface area contributed by atoms with Crippen LogP contribution in [0.5, 0.6) is 0 Å². The van der Waals surface area contributed by atoms with Gasteiger partial charge < -0.3 is 0 Å². The fourth-order valence-corrected chi connectivity index (χ4v) is 4.32. The van der Waals surface area contributed by atoms with Crippen LogP contribution in [0.2, 0.25) is 0 Å². The van der Waals surface area contributed by atoms with Crippen molar-refractivity contribution in [3.05, 3.63) is 29.8 Å². The minimum Gasteiger partial charge on any atom is -0.207 e. The Morgan fingerprint density at radius 1 is 1.25 bits per heavy atom. The molecule has 2 rings (SSSR count). The van der Waals surface area contributed by atoms with Crippen LogP contribution in [0.1, 0.15) is 45.1 Å². The zero-order valence-corrected chi connectivity index (χ0v) is 13.3. The lowest BCUT2D eigenvalue weighted by atomic mass is 10.0. The summed E-state index contributed by atoms with van der Waals surface area (Å²) in [6.07, 6.45) is 5.43. The first-order valence-electron chi connectivity index (χ1n) is 7.63. The SMILES string of the molecule is CCCCc1ccc(S(=O)(=O)N2CCC[C@@H](C)C2)cc1. The molecule has 0 bridgehead atoms. The van der Waals surface area contributed by atoms with Crippen molar-refractivity contribution < 1.29 is 8.42 Å². The fraction of sp³-hybridized carbons (Fsp3) is 0.625. The van der Waals surface area contributed by atoms with E-state index in [1.54, 1.807) is 16.4 Å². The molecule has 3 nitrogen and oxygen atoms in total. The summed E-state index contributed by atoms with van der Waals surface area (Å²) in [6.45, 7) is 5.59. The summed E-state index contributed by atoms with van der Waals surface area (Å²) in [4.78, 5) is 0.437. The molecule has 1 atom stereocenters. The largest absolute Gasteiger partial charge is 0.243 e. The Morgan fingerprint density at radius 3 is 2.55 bits per heavy atom. The molecule has 1 fully saturated rings. The zero-order chi connectivity index (χ0) is 14.6. The van der Waals surface area contributed by atoms with E-state index in [0.29, 0.717) is 23.9 Å². The van der Waals surface area contributed by atoms with Crippen molar-refractivity contribution in [3.63, 3.8) is 0 Å². The van der Waals surface area contributed by atoms with Crippen molar-refractivity contribution in [3.8, 4) is 0 Å². The minimum absolute atomic E-state index is 0.437. The fourth-order valence-electron chi connectivity index (χ4n) is 2.72. The molecule has 0 amide bonds. The number of rotatable bonds is 5. The Kier molecular flexibility index (Phi) is 5.22. The molecule has 0 aromatic heterocycles. The molecule has 112 valence electrons. The standard InChI is InChI=1S/C16H25NO2S/c1-3-4-7-15-8-10-16(11-9-15)20(18,19)17-12-5-6-14(2)13-17/h8-11,14H,3-7,12-13H2,1-2H3/t14-/m1/s1. The molecule has 0 N–H and O–H groups in total. The van der Waals surface area contributed by atoms with Gasteiger partial charge in [0.1, 0.15) is 0 Å². The van der Waals surface area contributed by atoms with Gasteiger partial charge in [-0.05, 0) is 49.3 Å². The second-order valence-corrected chi connectivity index (χ2v) is 7.80. The Morgan fingerprint density at radius 2 is 1.95 bits per heavy atom. The van der Waals surface area contributed by atoms with Crippen LogP contribution in [0.25, 0.3) is 0 Å². The summed E-state index contributed by atoms with van der Waals surface area (Å²) in [5.74, 6) is 0.461. The van der Waals surface area contributed by atoms with Crippen LogP contribution in [-0.4, -0.2) is 25.8 Å². The molecular weight excluding hydrogens is 270 g/mol. The molecule has 0 saturated carbocycles. The third kappa shape index (κ3) is 3.61. The lowest BCUT2D eigenvalue weighted by Gasteiger charge is -2.30. The zero-order valence-electron chi connectivity index (χ0n) is 12.5. The molecule has 20 heavy (non-hydrogen) atoms. The monoisotopic (exact) mass is 295 g/mol. The summed E-state index contributed by atoms with van der Waals surface area (Å²) in [5.41, 5.74) is 1.22. The average Bonchev–Trinajstić information content (AvgIpc) is 2.45. The Bertz CT molecular complexity index is 522. The summed E-state index contributed by atoms with van der Waals surface area (Å²) in [7, 11) is -3.30. The summed E-state index contributed by atoms with van der Waals surface area (Å²) in [5, 5.41) is 0. The van der Waals surface area contributed by atoms with E-state index < -0.39 is 10.0 Å². The number of nitrogens with zero attached hydrogens (tertiary/aromatic N) is 1. The van der Waals surface area contributed by atoms with Crippen LogP contribution in [0.15, 0.2) is 29.2 Å². The predicted molar refractivity (Wildman–Crippen MR) is 82.2 cm³/mol. The van der Waals surface area contributed by atoms with Gasteiger partial charge in [-0.15, -0.1) is 0 Å². The molecular formula is C16H25NO2S. The highest BCUT2D eigenvalue weighted by atomic mass is 32.2. The van der Waals surface area contributed by atoms with Gasteiger partial charge in [-0.1, -0.05) is 32.4 Å². The van der Waals surface area contributed by atoms with Gasteiger partial charge in [-0.25, -0.2) is 8.42 Å². The van der Waals surface area contributed by atoms with Gasteiger partial charge in [0, 0.05) is 13.1 Å². The molecule has 0 aliphatic carbocycles. The van der Waals surface area contributed by atoms with E-state index in [4.69, 9.17) is 0 Å². The maximum Gasteiger partial charge on any atom is 0.243 e. The summed E-state index contributed by atoms with van der Waals surface area (Å²) < 4.78 is 26.8. The van der Waals surface area contributed by atoms with Gasteiger partial charge in [0.25, 0.3) is 0 Å². The van der Waals surface area contributed by atoms with Crippen molar-refractivity contribution in [1.29, 1.82) is 0 Å². The van der Waals surface area contributed by atoms with Gasteiger partial charge in [0.2, 0.25) is 10.0 Å². The lowest BCUT2D eigenvalue weighted by Crippen LogP contribution is -2.39. The predicted octanol–water partition coefficient (Wildman–Crippen LogP) is 3.45. The number of unbranched alkanes of at least 4 members (excludes halogenated alkanes) is 1. The van der Waals surface area contributed by atoms with Gasteiger partial charge in [-0.2, -0.15) is 4.31 Å². The van der Waals surface area contributed by atoms with Crippen molar-refractivity contribution in [2.75, 3.05) is 13.1 Å². The topological polar surface area (TPSA) is 37.4 Å². The molecule has 0 unspecified atom stereocenters. The molecule has 1 aliphatic heterocycles. The molecule has 1 aliphatic rings. The quantitative estimate of drug-likeness (QED) is 0.834. The van der Waals surface area contributed by atoms with Crippen molar-refractivity contribution in [1.82, 2.24) is 4.31 Å². The molecule has 4 heteroatoms. The van der Waals surface area contributed by atoms with Crippen LogP contribution in [-0.2, 0) is 16.4 Å². The van der Waals surface area contributed by atoms with Crippen molar-refractivity contribution in [2.24, 2.45) is 5.92 Å². The van der Waals surface area contributed by atoms with Gasteiger partial charge in [0.15, 0.2) is 0 Å². The number of hydrogen-bond acceptors (Lipinski definition) is 2. The number of aryl methyl sites for hydroxylation is 1. The normalized spacial score (nSPS) is 21.0. The summed E-state index contributed by atoms with van der Waals surface area (Å²) in [6, 6.07) is 7.44. The Hall–Kier alpha value is -0.870. The van der Waals surface area contributed by atoms with Gasteiger partial charge in [0.05, 0.1) is 4.90 Å². The maximum absolute atomic E-state index is 12.6. The van der Waals surface area contributed by atoms with E-state index in [-0.39, 0.29) is 0 Å². The highest BCUT2D eigenvalue weighted by Gasteiger charge is 2.28. The van der Waals surface area contributed by atoms with Crippen LogP contribution in [0.3, 0.4) is 0 Å². The molecule has 0 radical (unpaired) electrons. The second-order valence-electron chi connectivity index (χ2n) is 5.86. The molecule has 1 saturated heterocycles. The van der Waals surface area contributed by atoms with Crippen molar-refractivity contribution >= 4 is 10.0 Å². The number of piperidine rings is 1. The molecule has 1 aromatic rings. The van der Waals surface area contributed by atoms with Gasteiger partial charge in [-0.3, -0.25) is 0 Å². The van der Waals surface area contributed by atoms with Gasteiger partial charge >= 0.3 is 0 Å². The second kappa shape index (κ2) is 6.72. The first kappa shape index (κ1) is 15.5. The number of hydrogen-bond donors (Lipinski definition) is 0. The minimum atomic E-state index is -3.30. The average molecular weight is 295 g/mol. The lowest BCUT2D eigenvalue weighted by molar-refractivity contribution is 0.281. The summed E-state index contributed by atoms with van der Waals surface area (Å²) >= 11 is 0. The smallest absolute Gasteiger partial charge is 0.207 e. The highest BCUT2D eigenvalue weighted by molar-refractivity contribution is 7.89. The number of benzene rings is 1. The Balaban J connectivity index is 2.12. The molecule has 0 spiro atoms. The van der Waals surface area contributed by atoms with Crippen LogP contribution >= 0.6 is 0 Å². The van der Waals surface area contributed by atoms with Crippen LogP contribution in [0.4, 0.5) is 0 Å². The van der Waals surface area contributed by atoms with E-state index in [2.05, 4.69) is 13.8 Å². The molecule has 1 heterocycles. The van der Waals surface area contributed by atoms with E-state index in [1.807, 2.05) is 12.1 Å². The Labute approximate surface area is 123 Å².